The van der Waals surface area contributed by atoms with Crippen LogP contribution in [0.1, 0.15) is 17.0 Å². The fourth-order valence-electron chi connectivity index (χ4n) is 8.11. The van der Waals surface area contributed by atoms with Crippen molar-refractivity contribution in [3.05, 3.63) is 120 Å². The molecule has 1 aliphatic heterocycles. The fraction of sp³-hybridized carbons (Fsp3) is 0.244. The first kappa shape index (κ1) is 35.8. The molecule has 6 N–H and O–H groups in total. The summed E-state index contributed by atoms with van der Waals surface area (Å²) < 4.78 is 16.1. The lowest BCUT2D eigenvalue weighted by atomic mass is 9.55. The van der Waals surface area contributed by atoms with Crippen LogP contribution < -0.4 is 19.7 Å². The molecular formula is C41H38N2O11. The number of allylic oxidation sites excluding steroid dienone is 1. The van der Waals surface area contributed by atoms with Gasteiger partial charge in [0, 0.05) is 41.6 Å². The molecule has 1 amide bonds. The number of hydrogen-bond acceptors (Lipinski definition) is 11. The van der Waals surface area contributed by atoms with Gasteiger partial charge in [0.1, 0.15) is 11.5 Å². The highest BCUT2D eigenvalue weighted by atomic mass is 16.6. The zero-order valence-corrected chi connectivity index (χ0v) is 29.2. The van der Waals surface area contributed by atoms with E-state index >= 15 is 0 Å². The molecular weight excluding hydrogens is 696 g/mol. The van der Waals surface area contributed by atoms with E-state index in [0.717, 1.165) is 11.8 Å². The van der Waals surface area contributed by atoms with E-state index in [1.54, 1.807) is 43.4 Å². The monoisotopic (exact) mass is 734 g/mol. The molecule has 3 aliphatic carbocycles. The van der Waals surface area contributed by atoms with Gasteiger partial charge in [0.05, 0.1) is 32.2 Å². The molecule has 0 spiro atoms. The molecule has 1 heterocycles. The van der Waals surface area contributed by atoms with E-state index in [2.05, 4.69) is 5.32 Å². The Kier molecular flexibility index (Phi) is 9.55. The number of carboxylic acid groups (broad SMARTS) is 1. The molecule has 0 unspecified atom stereocenters. The Bertz CT molecular complexity index is 2150. The summed E-state index contributed by atoms with van der Waals surface area (Å²) in [4.78, 5) is 41.8. The number of phenolic OH excluding ortho intramolecular Hbond substituents is 4. The van der Waals surface area contributed by atoms with Crippen molar-refractivity contribution in [1.29, 1.82) is 0 Å². The average molecular weight is 735 g/mol. The number of aliphatic carboxylic acids is 1. The molecule has 1 saturated carbocycles. The minimum absolute atomic E-state index is 0.165. The fourth-order valence-corrected chi connectivity index (χ4v) is 8.11. The quantitative estimate of drug-likeness (QED) is 0.0641. The van der Waals surface area contributed by atoms with E-state index in [-0.39, 0.29) is 41.5 Å². The van der Waals surface area contributed by atoms with Gasteiger partial charge in [-0.1, -0.05) is 24.3 Å². The predicted octanol–water partition coefficient (Wildman–Crippen LogP) is 5.10. The second-order valence-electron chi connectivity index (χ2n) is 13.5. The van der Waals surface area contributed by atoms with E-state index in [4.69, 9.17) is 14.2 Å². The summed E-state index contributed by atoms with van der Waals surface area (Å²) in [6, 6.07) is 22.2. The Morgan fingerprint density at radius 1 is 0.796 bits per heavy atom. The number of benzene rings is 4. The first-order chi connectivity index (χ1) is 26.0. The number of carbonyl (C=O) groups is 3. The van der Waals surface area contributed by atoms with Gasteiger partial charge in [-0.2, -0.15) is 0 Å². The van der Waals surface area contributed by atoms with Crippen LogP contribution >= 0.6 is 0 Å². The number of esters is 1. The van der Waals surface area contributed by atoms with Crippen LogP contribution in [0.3, 0.4) is 0 Å². The van der Waals surface area contributed by atoms with Crippen LogP contribution in [0.2, 0.25) is 0 Å². The number of amides is 1. The second kappa shape index (κ2) is 14.4. The number of phenols is 4. The number of aromatic hydroxyl groups is 4. The third-order valence-corrected chi connectivity index (χ3v) is 10.5. The van der Waals surface area contributed by atoms with Crippen molar-refractivity contribution in [3.8, 4) is 34.5 Å². The van der Waals surface area contributed by atoms with Crippen LogP contribution in [0, 0.1) is 17.8 Å². The first-order valence-electron chi connectivity index (χ1n) is 17.2. The van der Waals surface area contributed by atoms with E-state index in [1.807, 2.05) is 42.5 Å². The molecule has 2 fully saturated rings. The summed E-state index contributed by atoms with van der Waals surface area (Å²) in [7, 11) is 3.13. The Morgan fingerprint density at radius 2 is 1.43 bits per heavy atom. The van der Waals surface area contributed by atoms with E-state index < -0.39 is 47.6 Å². The van der Waals surface area contributed by atoms with Gasteiger partial charge in [-0.15, -0.1) is 0 Å². The Balaban J connectivity index is 1.27. The Morgan fingerprint density at radius 3 is 2.04 bits per heavy atom. The second-order valence-corrected chi connectivity index (χ2v) is 13.5. The molecule has 0 aromatic heterocycles. The van der Waals surface area contributed by atoms with Gasteiger partial charge in [-0.3, -0.25) is 4.79 Å². The zero-order chi connectivity index (χ0) is 38.3. The summed E-state index contributed by atoms with van der Waals surface area (Å²) in [6.07, 6.45) is 2.85. The van der Waals surface area contributed by atoms with Gasteiger partial charge in [0.25, 0.3) is 0 Å². The van der Waals surface area contributed by atoms with Gasteiger partial charge < -0.3 is 50.0 Å². The molecule has 7 atom stereocenters. The number of ether oxygens (including phenoxy) is 3. The van der Waals surface area contributed by atoms with Crippen molar-refractivity contribution in [2.75, 3.05) is 24.4 Å². The molecule has 13 heteroatoms. The number of rotatable bonds is 12. The number of methoxy groups -OCH3 is 2. The zero-order valence-electron chi connectivity index (χ0n) is 29.2. The number of nitrogens with one attached hydrogen (secondary N) is 1. The molecule has 4 aromatic carbocycles. The van der Waals surface area contributed by atoms with Crippen molar-refractivity contribution in [3.63, 3.8) is 0 Å². The van der Waals surface area contributed by atoms with Gasteiger partial charge in [-0.25, -0.2) is 9.59 Å². The molecule has 0 radical (unpaired) electrons. The van der Waals surface area contributed by atoms with Crippen LogP contribution in [0.25, 0.3) is 0 Å². The third-order valence-electron chi connectivity index (χ3n) is 10.5. The molecule has 8 rings (SSSR count). The minimum atomic E-state index is -1.59. The van der Waals surface area contributed by atoms with E-state index in [1.165, 1.54) is 30.3 Å². The van der Waals surface area contributed by atoms with Gasteiger partial charge in [0.2, 0.25) is 12.0 Å². The van der Waals surface area contributed by atoms with E-state index in [0.29, 0.717) is 33.9 Å². The van der Waals surface area contributed by atoms with E-state index in [9.17, 15) is 39.9 Å². The Labute approximate surface area is 310 Å². The highest BCUT2D eigenvalue weighted by Gasteiger charge is 2.65. The van der Waals surface area contributed by atoms with Crippen LogP contribution in [0.4, 0.5) is 11.4 Å². The summed E-state index contributed by atoms with van der Waals surface area (Å²) in [5.41, 5.74) is 3.08. The van der Waals surface area contributed by atoms with Gasteiger partial charge in [-0.05, 0) is 89.5 Å². The lowest BCUT2D eigenvalue weighted by Gasteiger charge is -2.51. The van der Waals surface area contributed by atoms with Crippen molar-refractivity contribution in [2.45, 2.75) is 30.5 Å². The largest absolute Gasteiger partial charge is 0.504 e. The first-order valence-corrected chi connectivity index (χ1v) is 17.2. The smallest absolute Gasteiger partial charge is 0.345 e. The minimum Gasteiger partial charge on any atom is -0.504 e. The molecule has 278 valence electrons. The molecule has 4 aromatic rings. The van der Waals surface area contributed by atoms with Crippen molar-refractivity contribution in [2.24, 2.45) is 17.8 Å². The van der Waals surface area contributed by atoms with Crippen LogP contribution in [0.15, 0.2) is 109 Å². The van der Waals surface area contributed by atoms with Crippen LogP contribution in [-0.4, -0.2) is 75.8 Å². The number of carboxylic acids is 1. The van der Waals surface area contributed by atoms with Crippen LogP contribution in [0.5, 0.6) is 34.5 Å². The molecule has 4 aliphatic rings. The van der Waals surface area contributed by atoms with Gasteiger partial charge >= 0.3 is 11.9 Å². The van der Waals surface area contributed by atoms with Crippen molar-refractivity contribution < 1.29 is 54.1 Å². The highest BCUT2D eigenvalue weighted by Crippen LogP contribution is 2.60. The van der Waals surface area contributed by atoms with Crippen molar-refractivity contribution in [1.82, 2.24) is 0 Å². The van der Waals surface area contributed by atoms with Crippen LogP contribution in [-0.2, 0) is 25.5 Å². The van der Waals surface area contributed by atoms with Gasteiger partial charge in [0.15, 0.2) is 23.0 Å². The number of nitrogens with zero attached hydrogens (tertiary/aromatic N) is 1. The average Bonchev–Trinajstić information content (AvgIpc) is 3.43. The molecule has 1 saturated heterocycles. The predicted molar refractivity (Wildman–Crippen MR) is 196 cm³/mol. The highest BCUT2D eigenvalue weighted by molar-refractivity contribution is 6.01. The summed E-state index contributed by atoms with van der Waals surface area (Å²) in [5.74, 6) is -4.57. The maximum Gasteiger partial charge on any atom is 0.345 e. The third kappa shape index (κ3) is 6.60. The maximum atomic E-state index is 14.8. The maximum absolute atomic E-state index is 14.8. The summed E-state index contributed by atoms with van der Waals surface area (Å²) in [6.45, 7) is 0. The normalized spacial score (nSPS) is 23.2. The molecule has 54 heavy (non-hydrogen) atoms. The molecule has 13 nitrogen and oxygen atoms in total. The number of anilines is 2. The molecule has 4 bridgehead atoms. The lowest BCUT2D eigenvalue weighted by molar-refractivity contribution is -0.160. The SMILES string of the molecule is COc1ccc(N[C@H]2[C@@H]3C=C(/C=C/C(=O)O[C@H](Cc4ccc(O)c(O)c4)C(=O)O)[C@H]4[C@H](C(=O)N(c5ccc(OC)cc5)[C@@H]24)[C@H]3c2ccc(O)c(O)c2)cc1. The summed E-state index contributed by atoms with van der Waals surface area (Å²) >= 11 is 0. The Hall–Kier alpha value is -6.63. The lowest BCUT2D eigenvalue weighted by Crippen LogP contribution is -2.57. The summed E-state index contributed by atoms with van der Waals surface area (Å²) in [5, 5.41) is 53.7. The number of carbonyl (C=O) groups excluding carboxylic acids is 2. The number of hydrogen-bond donors (Lipinski definition) is 6. The standard InChI is InChI=1S/C41H38N2O11/c1-52-26-10-6-24(7-11-26)42-38-28-19-22(5-16-34(48)54-33(41(50)51)18-21-3-14-29(44)31(46)17-21)36-37(35(28)23-4-15-30(45)32(47)20-23)40(49)43(39(36)38)25-8-12-27(53-2)13-9-25/h3-17,19-20,28,33,35-39,42,44-47H,18H2,1-2H3,(H,50,51)/b16-5+/t28-,33-,35+,36+,37-,38+,39-/m1/s1. The topological polar surface area (TPSA) is 195 Å². The van der Waals surface area contributed by atoms with Crippen molar-refractivity contribution >= 4 is 29.2 Å².